The van der Waals surface area contributed by atoms with Gasteiger partial charge in [-0.2, -0.15) is 0 Å². The van der Waals surface area contributed by atoms with Gasteiger partial charge >= 0.3 is 0 Å². The lowest BCUT2D eigenvalue weighted by Gasteiger charge is -2.28. The Hall–Kier alpha value is -6.03. The number of H-pyrrole nitrogens is 2. The predicted molar refractivity (Wildman–Crippen MR) is 213 cm³/mol. The molecule has 5 aromatic rings. The average Bonchev–Trinajstić information content (AvgIpc) is 3.93. The van der Waals surface area contributed by atoms with Crippen molar-refractivity contribution in [3.8, 4) is 0 Å². The summed E-state index contributed by atoms with van der Waals surface area (Å²) in [5.74, 6) is -2.86. The molecule has 0 fully saturated rings. The number of benzene rings is 2. The van der Waals surface area contributed by atoms with Crippen LogP contribution in [0.4, 0.5) is 0 Å². The minimum absolute atomic E-state index is 0.00992. The number of thiazole rings is 1. The molecule has 6 rings (SSSR count). The van der Waals surface area contributed by atoms with E-state index in [1.54, 1.807) is 24.7 Å². The first-order chi connectivity index (χ1) is 26.8. The van der Waals surface area contributed by atoms with Crippen molar-refractivity contribution in [1.82, 2.24) is 45.6 Å². The summed E-state index contributed by atoms with van der Waals surface area (Å²) >= 11 is 1.21. The van der Waals surface area contributed by atoms with Crippen molar-refractivity contribution >= 4 is 68.6 Å². The number of rotatable bonds is 5. The molecule has 5 N–H and O–H groups in total. The van der Waals surface area contributed by atoms with Crippen LogP contribution >= 0.6 is 11.3 Å². The van der Waals surface area contributed by atoms with Crippen molar-refractivity contribution in [1.29, 1.82) is 0 Å². The van der Waals surface area contributed by atoms with Crippen LogP contribution in [-0.4, -0.2) is 117 Å². The Bertz CT molecular complexity index is 2230. The summed E-state index contributed by atoms with van der Waals surface area (Å²) < 4.78 is 0. The second kappa shape index (κ2) is 17.2. The van der Waals surface area contributed by atoms with E-state index in [1.807, 2.05) is 62.4 Å². The van der Waals surface area contributed by atoms with E-state index in [-0.39, 0.29) is 49.9 Å². The van der Waals surface area contributed by atoms with Crippen LogP contribution in [0, 0.1) is 5.92 Å². The first-order valence-corrected chi connectivity index (χ1v) is 19.4. The van der Waals surface area contributed by atoms with E-state index < -0.39 is 53.6 Å². The number of hydrogen-bond donors (Lipinski definition) is 5. The zero-order valence-corrected chi connectivity index (χ0v) is 32.9. The second-order valence-corrected chi connectivity index (χ2v) is 15.5. The van der Waals surface area contributed by atoms with Crippen LogP contribution in [0.15, 0.2) is 66.2 Å². The first-order valence-electron chi connectivity index (χ1n) is 18.5. The zero-order chi connectivity index (χ0) is 40.1. The van der Waals surface area contributed by atoms with E-state index in [9.17, 15) is 28.8 Å². The Labute approximate surface area is 328 Å². The third-order valence-electron chi connectivity index (χ3n) is 9.77. The number of nitrogens with zero attached hydrogens (tertiary/aromatic N) is 4. The van der Waals surface area contributed by atoms with Gasteiger partial charge in [-0.15, -0.1) is 11.3 Å². The molecule has 0 radical (unpaired) electrons. The summed E-state index contributed by atoms with van der Waals surface area (Å²) in [4.78, 5) is 97.1. The average molecular weight is 782 g/mol. The Morgan fingerprint density at radius 3 is 2.32 bits per heavy atom. The van der Waals surface area contributed by atoms with Gasteiger partial charge in [0.25, 0.3) is 11.8 Å². The molecule has 56 heavy (non-hydrogen) atoms. The number of aromatic amines is 2. The lowest BCUT2D eigenvalue weighted by molar-refractivity contribution is -0.138. The molecule has 0 aliphatic carbocycles. The van der Waals surface area contributed by atoms with Crippen LogP contribution in [0.3, 0.4) is 0 Å². The quantitative estimate of drug-likeness (QED) is 0.181. The molecule has 6 amide bonds. The molecule has 1 aliphatic rings. The van der Waals surface area contributed by atoms with Gasteiger partial charge in [0.1, 0.15) is 28.5 Å². The van der Waals surface area contributed by atoms with Gasteiger partial charge in [0.2, 0.25) is 23.6 Å². The highest BCUT2D eigenvalue weighted by molar-refractivity contribution is 7.09. The van der Waals surface area contributed by atoms with Crippen LogP contribution in [0.5, 0.6) is 0 Å². The number of carbonyl (C=O) groups excluding carboxylic acids is 6. The predicted octanol–water partition coefficient (Wildman–Crippen LogP) is 3.23. The monoisotopic (exact) mass is 781 g/mol. The lowest BCUT2D eigenvalue weighted by Crippen LogP contribution is -2.53. The van der Waals surface area contributed by atoms with E-state index in [1.165, 1.54) is 40.0 Å². The van der Waals surface area contributed by atoms with Gasteiger partial charge in [0, 0.05) is 67.0 Å². The molecule has 0 saturated heterocycles. The number of fused-ring (bicyclic) bond motifs is 4. The molecule has 294 valence electrons. The van der Waals surface area contributed by atoms with Crippen molar-refractivity contribution in [2.24, 2.45) is 5.92 Å². The Balaban J connectivity index is 1.31. The SMILES string of the molecule is CC(C)C[C@@H]1NC(=O)CN(C(=O)c2cc3ccccc3[nH]2)CCN(C)C(=O)[C@H](C)NC(=O)CN(C)C(=O)[C@@H](Cc2c[nH]c3ccccc23)NC(=O)c2csc1n2. The van der Waals surface area contributed by atoms with Gasteiger partial charge in [-0.25, -0.2) is 4.98 Å². The summed E-state index contributed by atoms with van der Waals surface area (Å²) in [6.45, 7) is 4.92. The molecule has 2 bridgehead atoms. The van der Waals surface area contributed by atoms with Crippen LogP contribution in [-0.2, 0) is 25.6 Å². The normalized spacial score (nSPS) is 19.9. The molecule has 0 unspecified atom stereocenters. The Kier molecular flexibility index (Phi) is 12.2. The second-order valence-electron chi connectivity index (χ2n) is 14.7. The lowest BCUT2D eigenvalue weighted by atomic mass is 10.0. The van der Waals surface area contributed by atoms with Crippen molar-refractivity contribution in [3.63, 3.8) is 0 Å². The molecule has 3 atom stereocenters. The first kappa shape index (κ1) is 39.7. The highest BCUT2D eigenvalue weighted by atomic mass is 32.1. The molecule has 15 nitrogen and oxygen atoms in total. The summed E-state index contributed by atoms with van der Waals surface area (Å²) in [6.07, 6.45) is 2.41. The van der Waals surface area contributed by atoms with Crippen LogP contribution in [0.2, 0.25) is 0 Å². The fourth-order valence-corrected chi connectivity index (χ4v) is 7.70. The van der Waals surface area contributed by atoms with E-state index >= 15 is 0 Å². The number of hydrogen-bond acceptors (Lipinski definition) is 8. The Morgan fingerprint density at radius 1 is 0.857 bits per heavy atom. The van der Waals surface area contributed by atoms with Gasteiger partial charge in [-0.05, 0) is 43.0 Å². The minimum atomic E-state index is -1.07. The van der Waals surface area contributed by atoms with E-state index in [4.69, 9.17) is 0 Å². The molecular formula is C40H47N9O6S. The molecule has 4 heterocycles. The molecule has 2 aromatic carbocycles. The highest BCUT2D eigenvalue weighted by Gasteiger charge is 2.31. The zero-order valence-electron chi connectivity index (χ0n) is 32.0. The van der Waals surface area contributed by atoms with Gasteiger partial charge in [-0.1, -0.05) is 50.2 Å². The maximum Gasteiger partial charge on any atom is 0.271 e. The minimum Gasteiger partial charge on any atom is -0.361 e. The third-order valence-corrected chi connectivity index (χ3v) is 10.7. The number of carbonyl (C=O) groups is 6. The van der Waals surface area contributed by atoms with E-state index in [2.05, 4.69) is 30.9 Å². The molecule has 1 aliphatic heterocycles. The fourth-order valence-electron chi connectivity index (χ4n) is 6.84. The molecule has 0 spiro atoms. The number of amides is 6. The van der Waals surface area contributed by atoms with E-state index in [0.29, 0.717) is 11.4 Å². The Morgan fingerprint density at radius 2 is 1.57 bits per heavy atom. The number of nitrogens with one attached hydrogen (secondary N) is 5. The fraction of sp³-hybridized carbons (Fsp3) is 0.375. The smallest absolute Gasteiger partial charge is 0.271 e. The van der Waals surface area contributed by atoms with Crippen molar-refractivity contribution in [3.05, 3.63) is 88.1 Å². The number of aromatic nitrogens is 3. The van der Waals surface area contributed by atoms with Crippen molar-refractivity contribution < 1.29 is 28.8 Å². The molecule has 16 heteroatoms. The van der Waals surface area contributed by atoms with Gasteiger partial charge in [-0.3, -0.25) is 28.8 Å². The molecule has 3 aromatic heterocycles. The summed E-state index contributed by atoms with van der Waals surface area (Å²) in [7, 11) is 3.02. The molecular weight excluding hydrogens is 735 g/mol. The third kappa shape index (κ3) is 9.25. The molecule has 0 saturated carbocycles. The number of likely N-dealkylation sites (N-methyl/N-ethyl adjacent to an activating group) is 2. The summed E-state index contributed by atoms with van der Waals surface area (Å²) in [5, 5.41) is 12.3. The highest BCUT2D eigenvalue weighted by Crippen LogP contribution is 2.26. The van der Waals surface area contributed by atoms with Crippen LogP contribution < -0.4 is 16.0 Å². The summed E-state index contributed by atoms with van der Waals surface area (Å²) in [5.41, 5.74) is 2.78. The van der Waals surface area contributed by atoms with Crippen LogP contribution in [0.1, 0.15) is 64.8 Å². The van der Waals surface area contributed by atoms with Crippen molar-refractivity contribution in [2.45, 2.75) is 51.7 Å². The largest absolute Gasteiger partial charge is 0.361 e. The maximum atomic E-state index is 14.0. The van der Waals surface area contributed by atoms with Gasteiger partial charge in [0.05, 0.1) is 19.1 Å². The topological polar surface area (TPSA) is 193 Å². The van der Waals surface area contributed by atoms with Crippen LogP contribution in [0.25, 0.3) is 21.8 Å². The van der Waals surface area contributed by atoms with Gasteiger partial charge in [0.15, 0.2) is 0 Å². The maximum absolute atomic E-state index is 14.0. The standard InChI is InChI=1S/C40H47N9O6S/c1-23(2)16-30-37-46-33(22-56-37)36(52)45-31(18-26-19-41-29-13-9-7-11-27(26)29)39(54)48(5)20-34(50)42-24(3)38(53)47(4)14-15-49(21-35(51)44-30)40(55)32-17-25-10-6-8-12-28(25)43-32/h6-13,17,19,22-24,30-31,41,43H,14-16,18,20-21H2,1-5H3,(H,42,50)(H,44,51)(H,45,52)/t24-,30-,31+/m0/s1. The van der Waals surface area contributed by atoms with Gasteiger partial charge < -0.3 is 40.6 Å². The number of para-hydroxylation sites is 2. The van der Waals surface area contributed by atoms with E-state index in [0.717, 1.165) is 27.4 Å². The van der Waals surface area contributed by atoms with Crippen molar-refractivity contribution in [2.75, 3.05) is 40.3 Å². The summed E-state index contributed by atoms with van der Waals surface area (Å²) in [6, 6.07) is 14.1.